The molecule has 0 fully saturated rings. The molecule has 0 bridgehead atoms. The fourth-order valence-electron chi connectivity index (χ4n) is 3.33. The molecule has 1 N–H and O–H groups in total. The molecule has 0 amide bonds. The summed E-state index contributed by atoms with van der Waals surface area (Å²) in [6.07, 6.45) is -8.68. The summed E-state index contributed by atoms with van der Waals surface area (Å²) >= 11 is 0. The second kappa shape index (κ2) is 6.29. The van der Waals surface area contributed by atoms with Gasteiger partial charge in [-0.2, -0.15) is 31.4 Å². The summed E-state index contributed by atoms with van der Waals surface area (Å²) in [7, 11) is 0. The van der Waals surface area contributed by atoms with Gasteiger partial charge in [0.2, 0.25) is 0 Å². The van der Waals surface area contributed by atoms with Gasteiger partial charge in [-0.15, -0.1) is 0 Å². The first-order valence-electron chi connectivity index (χ1n) is 8.36. The predicted molar refractivity (Wildman–Crippen MR) is 91.2 cm³/mol. The Kier molecular flexibility index (Phi) is 4.13. The number of alkyl halides is 6. The SMILES string of the molecule is FC(F)(F)c1cccc(-n2nc(-c3ccccc3C(F)(F)F)c3c2NCC3)c1. The van der Waals surface area contributed by atoms with Crippen molar-refractivity contribution in [2.75, 3.05) is 11.9 Å². The predicted octanol–water partition coefficient (Wildman–Crippen LogP) is 5.54. The lowest BCUT2D eigenvalue weighted by Gasteiger charge is -2.12. The molecule has 0 aliphatic carbocycles. The van der Waals surface area contributed by atoms with Crippen LogP contribution in [-0.2, 0) is 18.8 Å². The molecule has 4 rings (SSSR count). The third-order valence-corrected chi connectivity index (χ3v) is 4.56. The molecular formula is C19H13F6N3. The standard InChI is InChI=1S/C19H13F6N3/c20-18(21,22)11-4-3-5-12(10-11)28-17-14(8-9-26-17)16(27-28)13-6-1-2-7-15(13)19(23,24)25/h1-7,10,26H,8-9H2. The van der Waals surface area contributed by atoms with Crippen LogP contribution in [-0.4, -0.2) is 16.3 Å². The van der Waals surface area contributed by atoms with Crippen LogP contribution in [0.5, 0.6) is 0 Å². The minimum atomic E-state index is -4.57. The van der Waals surface area contributed by atoms with Crippen molar-refractivity contribution < 1.29 is 26.3 Å². The Morgan fingerprint density at radius 3 is 2.36 bits per heavy atom. The largest absolute Gasteiger partial charge is 0.417 e. The quantitative estimate of drug-likeness (QED) is 0.575. The average molecular weight is 397 g/mol. The van der Waals surface area contributed by atoms with E-state index in [1.807, 2.05) is 0 Å². The molecule has 0 atom stereocenters. The highest BCUT2D eigenvalue weighted by atomic mass is 19.4. The number of benzene rings is 2. The number of anilines is 1. The lowest BCUT2D eigenvalue weighted by atomic mass is 10.0. The van der Waals surface area contributed by atoms with Crippen molar-refractivity contribution in [3.05, 3.63) is 65.2 Å². The van der Waals surface area contributed by atoms with Crippen molar-refractivity contribution in [3.8, 4) is 16.9 Å². The van der Waals surface area contributed by atoms with Crippen LogP contribution >= 0.6 is 0 Å². The van der Waals surface area contributed by atoms with E-state index in [0.717, 1.165) is 18.2 Å². The number of halogens is 6. The van der Waals surface area contributed by atoms with Gasteiger partial charge >= 0.3 is 12.4 Å². The number of aromatic nitrogens is 2. The summed E-state index contributed by atoms with van der Waals surface area (Å²) in [4.78, 5) is 0. The van der Waals surface area contributed by atoms with E-state index in [-0.39, 0.29) is 16.9 Å². The van der Waals surface area contributed by atoms with Crippen molar-refractivity contribution in [2.24, 2.45) is 0 Å². The first kappa shape index (κ1) is 18.4. The van der Waals surface area contributed by atoms with E-state index in [4.69, 9.17) is 0 Å². The summed E-state index contributed by atoms with van der Waals surface area (Å²) in [5, 5.41) is 7.27. The Morgan fingerprint density at radius 1 is 0.893 bits per heavy atom. The van der Waals surface area contributed by atoms with E-state index in [2.05, 4.69) is 10.4 Å². The van der Waals surface area contributed by atoms with E-state index >= 15 is 0 Å². The van der Waals surface area contributed by atoms with Gasteiger partial charge in [0, 0.05) is 17.7 Å². The Bertz CT molecular complexity index is 1030. The number of rotatable bonds is 2. The lowest BCUT2D eigenvalue weighted by Crippen LogP contribution is -2.09. The summed E-state index contributed by atoms with van der Waals surface area (Å²) in [6, 6.07) is 9.57. The Balaban J connectivity index is 1.90. The first-order valence-corrected chi connectivity index (χ1v) is 8.36. The van der Waals surface area contributed by atoms with Gasteiger partial charge in [-0.05, 0) is 30.7 Å². The third kappa shape index (κ3) is 3.10. The number of hydrogen-bond acceptors (Lipinski definition) is 2. The zero-order valence-electron chi connectivity index (χ0n) is 14.2. The molecule has 0 saturated heterocycles. The molecule has 28 heavy (non-hydrogen) atoms. The molecule has 0 radical (unpaired) electrons. The maximum Gasteiger partial charge on any atom is 0.417 e. The summed E-state index contributed by atoms with van der Waals surface area (Å²) in [6.45, 7) is 0.466. The third-order valence-electron chi connectivity index (χ3n) is 4.56. The van der Waals surface area contributed by atoms with Gasteiger partial charge in [0.15, 0.2) is 0 Å². The highest BCUT2D eigenvalue weighted by molar-refractivity contribution is 5.75. The Hall–Kier alpha value is -2.97. The highest BCUT2D eigenvalue weighted by Crippen LogP contribution is 2.41. The molecule has 146 valence electrons. The fourth-order valence-corrected chi connectivity index (χ4v) is 3.33. The van der Waals surface area contributed by atoms with Gasteiger partial charge in [-0.3, -0.25) is 0 Å². The van der Waals surface area contributed by atoms with Crippen molar-refractivity contribution in [3.63, 3.8) is 0 Å². The minimum absolute atomic E-state index is 0.0966. The molecule has 1 aliphatic rings. The van der Waals surface area contributed by atoms with Gasteiger partial charge in [-0.1, -0.05) is 24.3 Å². The maximum absolute atomic E-state index is 13.4. The molecule has 9 heteroatoms. The van der Waals surface area contributed by atoms with E-state index in [1.165, 1.54) is 35.0 Å². The van der Waals surface area contributed by atoms with Gasteiger partial charge < -0.3 is 5.32 Å². The summed E-state index contributed by atoms with van der Waals surface area (Å²) < 4.78 is 80.6. The van der Waals surface area contributed by atoms with Crippen LogP contribution in [0.1, 0.15) is 16.7 Å². The molecule has 0 spiro atoms. The van der Waals surface area contributed by atoms with Gasteiger partial charge in [0.1, 0.15) is 5.82 Å². The molecule has 2 aromatic carbocycles. The molecule has 3 aromatic rings. The lowest BCUT2D eigenvalue weighted by molar-refractivity contribution is -0.138. The van der Waals surface area contributed by atoms with Crippen molar-refractivity contribution in [1.82, 2.24) is 9.78 Å². The second-order valence-electron chi connectivity index (χ2n) is 6.36. The zero-order chi connectivity index (χ0) is 20.1. The van der Waals surface area contributed by atoms with Crippen molar-refractivity contribution >= 4 is 5.82 Å². The molecule has 1 aliphatic heterocycles. The molecule has 2 heterocycles. The summed E-state index contributed by atoms with van der Waals surface area (Å²) in [5.41, 5.74) is -1.00. The monoisotopic (exact) mass is 397 g/mol. The van der Waals surface area contributed by atoms with Crippen LogP contribution in [0.15, 0.2) is 48.5 Å². The number of fused-ring (bicyclic) bond motifs is 1. The average Bonchev–Trinajstić information content (AvgIpc) is 3.23. The Labute approximate surface area is 155 Å². The number of nitrogens with zero attached hydrogens (tertiary/aromatic N) is 2. The second-order valence-corrected chi connectivity index (χ2v) is 6.36. The van der Waals surface area contributed by atoms with Gasteiger partial charge in [0.25, 0.3) is 0 Å². The summed E-state index contributed by atoms with van der Waals surface area (Å²) in [5.74, 6) is 0.409. The van der Waals surface area contributed by atoms with Crippen LogP contribution in [0.4, 0.5) is 32.2 Å². The van der Waals surface area contributed by atoms with E-state index in [1.54, 1.807) is 0 Å². The van der Waals surface area contributed by atoms with Crippen molar-refractivity contribution in [2.45, 2.75) is 18.8 Å². The van der Waals surface area contributed by atoms with Crippen LogP contribution < -0.4 is 5.32 Å². The van der Waals surface area contributed by atoms with Crippen LogP contribution in [0.3, 0.4) is 0 Å². The van der Waals surface area contributed by atoms with Gasteiger partial charge in [-0.25, -0.2) is 4.68 Å². The van der Waals surface area contributed by atoms with Crippen LogP contribution in [0, 0.1) is 0 Å². The van der Waals surface area contributed by atoms with Crippen LogP contribution in [0.2, 0.25) is 0 Å². The molecule has 0 saturated carbocycles. The minimum Gasteiger partial charge on any atom is -0.369 e. The molecule has 3 nitrogen and oxygen atoms in total. The smallest absolute Gasteiger partial charge is 0.369 e. The van der Waals surface area contributed by atoms with Gasteiger partial charge in [0.05, 0.1) is 22.5 Å². The zero-order valence-corrected chi connectivity index (χ0v) is 14.2. The molecular weight excluding hydrogens is 384 g/mol. The molecule has 1 aromatic heterocycles. The number of nitrogens with one attached hydrogen (secondary N) is 1. The molecule has 0 unspecified atom stereocenters. The van der Waals surface area contributed by atoms with E-state index < -0.39 is 23.5 Å². The van der Waals surface area contributed by atoms with Crippen LogP contribution in [0.25, 0.3) is 16.9 Å². The number of hydrogen-bond donors (Lipinski definition) is 1. The van der Waals surface area contributed by atoms with E-state index in [0.29, 0.717) is 24.3 Å². The first-order chi connectivity index (χ1) is 13.2. The van der Waals surface area contributed by atoms with E-state index in [9.17, 15) is 26.3 Å². The van der Waals surface area contributed by atoms with Crippen molar-refractivity contribution in [1.29, 1.82) is 0 Å². The Morgan fingerprint density at radius 2 is 1.64 bits per heavy atom. The normalized spacial score (nSPS) is 14.1. The maximum atomic E-state index is 13.4. The highest BCUT2D eigenvalue weighted by Gasteiger charge is 2.36. The topological polar surface area (TPSA) is 29.9 Å². The fraction of sp³-hybridized carbons (Fsp3) is 0.211.